The molecule has 3 atom stereocenters. The maximum atomic E-state index is 15.1. The second-order valence-corrected chi connectivity index (χ2v) is 8.27. The Kier molecular flexibility index (Phi) is 5.45. The van der Waals surface area contributed by atoms with E-state index >= 15 is 4.39 Å². The summed E-state index contributed by atoms with van der Waals surface area (Å²) >= 11 is 0. The van der Waals surface area contributed by atoms with Crippen molar-refractivity contribution in [2.45, 2.75) is 44.4 Å². The van der Waals surface area contributed by atoms with Crippen molar-refractivity contribution in [3.05, 3.63) is 47.5 Å². The normalized spacial score (nSPS) is 23.0. The topological polar surface area (TPSA) is 113 Å². The van der Waals surface area contributed by atoms with Gasteiger partial charge in [0, 0.05) is 30.2 Å². The second kappa shape index (κ2) is 8.43. The zero-order valence-corrected chi connectivity index (χ0v) is 18.0. The summed E-state index contributed by atoms with van der Waals surface area (Å²) in [5.74, 6) is -0.590. The van der Waals surface area contributed by atoms with Gasteiger partial charge in [-0.25, -0.2) is 9.18 Å². The van der Waals surface area contributed by atoms with Gasteiger partial charge in [-0.15, -0.1) is 0 Å². The van der Waals surface area contributed by atoms with Gasteiger partial charge in [0.15, 0.2) is 6.10 Å². The average molecular weight is 454 g/mol. The molecule has 33 heavy (non-hydrogen) atoms. The number of oxime groups is 1. The Bertz CT molecular complexity index is 1140. The Labute approximate surface area is 189 Å². The van der Waals surface area contributed by atoms with Crippen LogP contribution in [-0.4, -0.2) is 59.2 Å². The molecule has 4 heterocycles. The molecule has 0 spiro atoms. The highest BCUT2D eigenvalue weighted by molar-refractivity contribution is 6.00. The summed E-state index contributed by atoms with van der Waals surface area (Å²) in [7, 11) is 0. The summed E-state index contributed by atoms with van der Waals surface area (Å²) in [4.78, 5) is 35.0. The molecule has 0 bridgehead atoms. The van der Waals surface area contributed by atoms with Crippen LogP contribution in [0.3, 0.4) is 0 Å². The van der Waals surface area contributed by atoms with Gasteiger partial charge in [-0.3, -0.25) is 14.7 Å². The number of aliphatic hydroxyl groups is 1. The van der Waals surface area contributed by atoms with Gasteiger partial charge in [0.25, 0.3) is 0 Å². The molecule has 0 radical (unpaired) electrons. The molecule has 2 amide bonds. The molecule has 1 unspecified atom stereocenters. The number of hydrogen-bond acceptors (Lipinski definition) is 7. The lowest BCUT2D eigenvalue weighted by Gasteiger charge is -2.17. The lowest BCUT2D eigenvalue weighted by molar-refractivity contribution is -0.121. The number of hydrogen-bond donors (Lipinski definition) is 2. The molecule has 2 N–H and O–H groups in total. The van der Waals surface area contributed by atoms with Gasteiger partial charge in [0.05, 0.1) is 30.6 Å². The highest BCUT2D eigenvalue weighted by Crippen LogP contribution is 2.41. The molecule has 1 saturated heterocycles. The number of aromatic nitrogens is 1. The molecule has 1 aromatic heterocycles. The van der Waals surface area contributed by atoms with E-state index in [9.17, 15) is 14.7 Å². The Balaban J connectivity index is 1.37. The quantitative estimate of drug-likeness (QED) is 0.692. The van der Waals surface area contributed by atoms with Crippen LogP contribution in [0.25, 0.3) is 11.1 Å². The number of benzene rings is 1. The van der Waals surface area contributed by atoms with Crippen molar-refractivity contribution in [1.82, 2.24) is 10.3 Å². The number of cyclic esters (lactones) is 1. The number of nitrogens with zero attached hydrogens (tertiary/aromatic N) is 3. The first kappa shape index (κ1) is 21.3. The average Bonchev–Trinajstić information content (AvgIpc) is 3.52. The number of ether oxygens (including phenoxy) is 1. The third-order valence-electron chi connectivity index (χ3n) is 6.19. The zero-order chi connectivity index (χ0) is 23.1. The predicted molar refractivity (Wildman–Crippen MR) is 116 cm³/mol. The van der Waals surface area contributed by atoms with Crippen molar-refractivity contribution in [1.29, 1.82) is 0 Å². The van der Waals surface area contributed by atoms with E-state index in [0.29, 0.717) is 47.5 Å². The molecular formula is C23H23FN4O5. The van der Waals surface area contributed by atoms with Gasteiger partial charge in [-0.1, -0.05) is 18.1 Å². The number of carbonyl (C=O) groups excluding carboxylic acids is 2. The molecule has 3 aliphatic rings. The Hall–Kier alpha value is -3.53. The van der Waals surface area contributed by atoms with E-state index in [0.717, 1.165) is 5.56 Å². The number of halogens is 1. The van der Waals surface area contributed by atoms with Crippen LogP contribution < -0.4 is 10.2 Å². The van der Waals surface area contributed by atoms with E-state index in [2.05, 4.69) is 15.5 Å². The maximum absolute atomic E-state index is 15.1. The van der Waals surface area contributed by atoms with Crippen molar-refractivity contribution in [3.63, 3.8) is 0 Å². The number of anilines is 1. The lowest BCUT2D eigenvalue weighted by Crippen LogP contribution is -2.40. The molecule has 172 valence electrons. The van der Waals surface area contributed by atoms with E-state index in [-0.39, 0.29) is 31.2 Å². The van der Waals surface area contributed by atoms with Crippen LogP contribution in [0.15, 0.2) is 35.6 Å². The second-order valence-electron chi connectivity index (χ2n) is 8.27. The van der Waals surface area contributed by atoms with Crippen LogP contribution in [0.2, 0.25) is 0 Å². The number of fused-ring (bicyclic) bond motifs is 3. The van der Waals surface area contributed by atoms with Crippen LogP contribution >= 0.6 is 0 Å². The molecule has 10 heteroatoms. The number of pyridine rings is 1. The van der Waals surface area contributed by atoms with Crippen LogP contribution in [-0.2, 0) is 20.8 Å². The number of rotatable bonds is 6. The minimum absolute atomic E-state index is 0.119. The molecule has 1 fully saturated rings. The number of carbonyl (C=O) groups is 2. The van der Waals surface area contributed by atoms with Crippen molar-refractivity contribution in [2.24, 2.45) is 5.16 Å². The fourth-order valence-electron chi connectivity index (χ4n) is 4.43. The van der Waals surface area contributed by atoms with Crippen molar-refractivity contribution < 1.29 is 28.7 Å². The fourth-order valence-corrected chi connectivity index (χ4v) is 4.43. The van der Waals surface area contributed by atoms with Gasteiger partial charge in [-0.05, 0) is 30.2 Å². The third kappa shape index (κ3) is 3.80. The molecular weight excluding hydrogens is 431 g/mol. The lowest BCUT2D eigenvalue weighted by atomic mass is 9.99. The van der Waals surface area contributed by atoms with E-state index in [4.69, 9.17) is 9.57 Å². The van der Waals surface area contributed by atoms with E-state index in [1.807, 2.05) is 0 Å². The van der Waals surface area contributed by atoms with Gasteiger partial charge >= 0.3 is 6.09 Å². The van der Waals surface area contributed by atoms with Gasteiger partial charge in [0.2, 0.25) is 5.91 Å². The summed E-state index contributed by atoms with van der Waals surface area (Å²) in [6.45, 7) is 1.85. The monoisotopic (exact) mass is 454 g/mol. The zero-order valence-electron chi connectivity index (χ0n) is 18.0. The molecule has 5 rings (SSSR count). The van der Waals surface area contributed by atoms with Crippen LogP contribution in [0, 0.1) is 5.82 Å². The standard InChI is InChI=1S/C23H23FN4O5/c1-2-22(30)26-10-21-20-6-13-5-15(16(24)8-19(13)28(20)23(31)32-21)12-3-4-17(25-9-12)18-7-14(11-29)33-27-18/h3-5,8-9,14,20-21,29H,2,6-7,10-11H2,1H3,(H,26,30)/t14-,20-,21?/m0/s1. The maximum Gasteiger partial charge on any atom is 0.415 e. The molecule has 9 nitrogen and oxygen atoms in total. The van der Waals surface area contributed by atoms with Crippen molar-refractivity contribution >= 4 is 23.4 Å². The van der Waals surface area contributed by atoms with Gasteiger partial charge in [0.1, 0.15) is 17.6 Å². The number of nitrogens with one attached hydrogen (secondary N) is 1. The first-order valence-electron chi connectivity index (χ1n) is 10.9. The summed E-state index contributed by atoms with van der Waals surface area (Å²) in [6.07, 6.45) is 1.49. The molecule has 1 aromatic carbocycles. The molecule has 0 saturated carbocycles. The highest BCUT2D eigenvalue weighted by atomic mass is 19.1. The molecule has 2 aromatic rings. The first-order chi connectivity index (χ1) is 16.0. The first-order valence-corrected chi connectivity index (χ1v) is 10.9. The highest BCUT2D eigenvalue weighted by Gasteiger charge is 2.47. The molecule has 0 aliphatic carbocycles. The van der Waals surface area contributed by atoms with E-state index in [1.54, 1.807) is 31.3 Å². The molecule has 3 aliphatic heterocycles. The van der Waals surface area contributed by atoms with Gasteiger partial charge < -0.3 is 20.0 Å². The minimum atomic E-state index is -0.534. The Morgan fingerprint density at radius 2 is 2.18 bits per heavy atom. The summed E-state index contributed by atoms with van der Waals surface area (Å²) in [5.41, 5.74) is 3.55. The summed E-state index contributed by atoms with van der Waals surface area (Å²) < 4.78 is 20.5. The summed E-state index contributed by atoms with van der Waals surface area (Å²) in [6, 6.07) is 6.31. The van der Waals surface area contributed by atoms with Crippen LogP contribution in [0.1, 0.15) is 31.0 Å². The third-order valence-corrected chi connectivity index (χ3v) is 6.19. The van der Waals surface area contributed by atoms with Crippen molar-refractivity contribution in [2.75, 3.05) is 18.1 Å². The Morgan fingerprint density at radius 1 is 1.33 bits per heavy atom. The smallest absolute Gasteiger partial charge is 0.415 e. The fraction of sp³-hybridized carbons (Fsp3) is 0.391. The summed E-state index contributed by atoms with van der Waals surface area (Å²) in [5, 5.41) is 15.9. The van der Waals surface area contributed by atoms with E-state index < -0.39 is 18.0 Å². The predicted octanol–water partition coefficient (Wildman–Crippen LogP) is 2.15. The minimum Gasteiger partial charge on any atom is -0.442 e. The van der Waals surface area contributed by atoms with E-state index in [1.165, 1.54) is 11.0 Å². The van der Waals surface area contributed by atoms with Crippen LogP contribution in [0.5, 0.6) is 0 Å². The SMILES string of the molecule is CCC(=O)NCC1OC(=O)N2c3cc(F)c(-c4ccc(C5=NO[C@H](CO)C5)nc4)cc3C[C@@H]12. The van der Waals surface area contributed by atoms with Crippen molar-refractivity contribution in [3.8, 4) is 11.1 Å². The Morgan fingerprint density at radius 3 is 2.88 bits per heavy atom. The largest absolute Gasteiger partial charge is 0.442 e. The van der Waals surface area contributed by atoms with Crippen LogP contribution in [0.4, 0.5) is 14.9 Å². The van der Waals surface area contributed by atoms with Gasteiger partial charge in [-0.2, -0.15) is 0 Å². The number of aliphatic hydroxyl groups excluding tert-OH is 1. The number of amides is 2.